The van der Waals surface area contributed by atoms with Crippen LogP contribution in [-0.2, 0) is 17.9 Å². The van der Waals surface area contributed by atoms with Gasteiger partial charge in [0.05, 0.1) is 0 Å². The van der Waals surface area contributed by atoms with Crippen LogP contribution in [0.25, 0.3) is 0 Å². The molecular formula is C29H39ClFN3O. The molecule has 6 heteroatoms. The first-order chi connectivity index (χ1) is 16.9. The molecule has 0 spiro atoms. The van der Waals surface area contributed by atoms with Crippen LogP contribution in [0.4, 0.5) is 10.1 Å². The van der Waals surface area contributed by atoms with E-state index in [4.69, 9.17) is 17.3 Å². The Bertz CT molecular complexity index is 946. The molecule has 0 aromatic heterocycles. The Balaban J connectivity index is 1.42. The van der Waals surface area contributed by atoms with Gasteiger partial charge in [0.15, 0.2) is 0 Å². The van der Waals surface area contributed by atoms with Crippen molar-refractivity contribution in [1.29, 1.82) is 0 Å². The van der Waals surface area contributed by atoms with Crippen LogP contribution < -0.4 is 11.1 Å². The van der Waals surface area contributed by atoms with Crippen LogP contribution >= 0.6 is 11.6 Å². The number of rotatable bonds is 8. The van der Waals surface area contributed by atoms with Crippen molar-refractivity contribution in [2.24, 2.45) is 17.6 Å². The summed E-state index contributed by atoms with van der Waals surface area (Å²) in [6, 6.07) is 13.7. The van der Waals surface area contributed by atoms with E-state index < -0.39 is 0 Å². The fraction of sp³-hybridized carbons (Fsp3) is 0.552. The second-order valence-electron chi connectivity index (χ2n) is 10.7. The molecule has 190 valence electrons. The Morgan fingerprint density at radius 1 is 0.971 bits per heavy atom. The highest BCUT2D eigenvalue weighted by Crippen LogP contribution is 2.37. The number of carbonyl (C=O) groups is 1. The molecule has 0 radical (unpaired) electrons. The molecule has 4 nitrogen and oxygen atoms in total. The van der Waals surface area contributed by atoms with Gasteiger partial charge in [0, 0.05) is 48.4 Å². The Morgan fingerprint density at radius 2 is 1.60 bits per heavy atom. The third-order valence-electron chi connectivity index (χ3n) is 7.97. The quantitative estimate of drug-likeness (QED) is 0.415. The number of nitrogens with two attached hydrogens (primary N) is 1. The molecular weight excluding hydrogens is 461 g/mol. The Hall–Kier alpha value is -1.95. The van der Waals surface area contributed by atoms with Crippen molar-refractivity contribution < 1.29 is 9.18 Å². The topological polar surface area (TPSA) is 58.4 Å². The maximum absolute atomic E-state index is 14.7. The second kappa shape index (κ2) is 12.3. The summed E-state index contributed by atoms with van der Waals surface area (Å²) < 4.78 is 14.7. The third kappa shape index (κ3) is 7.52. The SMILES string of the molecule is CC(=O)Nc1ccc(CN(Cc2c(F)cccc2Cl)C2CCC(CC3CCC(N)CC3)CC2)cc1. The minimum atomic E-state index is -0.243. The molecule has 0 saturated heterocycles. The summed E-state index contributed by atoms with van der Waals surface area (Å²) >= 11 is 6.41. The smallest absolute Gasteiger partial charge is 0.221 e. The highest BCUT2D eigenvalue weighted by Gasteiger charge is 2.29. The summed E-state index contributed by atoms with van der Waals surface area (Å²) in [7, 11) is 0. The molecule has 1 amide bonds. The number of carbonyl (C=O) groups excluding carboxylic acids is 1. The minimum absolute atomic E-state index is 0.0820. The number of hydrogen-bond acceptors (Lipinski definition) is 3. The van der Waals surface area contributed by atoms with E-state index in [1.165, 1.54) is 57.9 Å². The maximum atomic E-state index is 14.7. The molecule has 0 aliphatic heterocycles. The van der Waals surface area contributed by atoms with Gasteiger partial charge in [0.1, 0.15) is 5.82 Å². The molecule has 2 aliphatic rings. The van der Waals surface area contributed by atoms with E-state index in [2.05, 4.69) is 10.2 Å². The van der Waals surface area contributed by atoms with Crippen molar-refractivity contribution in [1.82, 2.24) is 4.90 Å². The number of halogens is 2. The van der Waals surface area contributed by atoms with Crippen LogP contribution in [-0.4, -0.2) is 22.9 Å². The van der Waals surface area contributed by atoms with Gasteiger partial charge in [0.25, 0.3) is 0 Å². The number of nitrogens with zero attached hydrogens (tertiary/aromatic N) is 1. The maximum Gasteiger partial charge on any atom is 0.221 e. The van der Waals surface area contributed by atoms with Gasteiger partial charge in [-0.2, -0.15) is 0 Å². The fourth-order valence-corrected chi connectivity index (χ4v) is 6.20. The zero-order chi connectivity index (χ0) is 24.8. The normalized spacial score (nSPS) is 24.9. The number of benzene rings is 2. The molecule has 0 bridgehead atoms. The summed E-state index contributed by atoms with van der Waals surface area (Å²) in [6.45, 7) is 2.73. The van der Waals surface area contributed by atoms with Gasteiger partial charge >= 0.3 is 0 Å². The predicted molar refractivity (Wildman–Crippen MR) is 142 cm³/mol. The first-order valence-corrected chi connectivity index (χ1v) is 13.5. The zero-order valence-electron chi connectivity index (χ0n) is 20.8. The minimum Gasteiger partial charge on any atom is -0.328 e. The van der Waals surface area contributed by atoms with Gasteiger partial charge in [-0.3, -0.25) is 9.69 Å². The van der Waals surface area contributed by atoms with Crippen molar-refractivity contribution in [3.8, 4) is 0 Å². The second-order valence-corrected chi connectivity index (χ2v) is 11.1. The highest BCUT2D eigenvalue weighted by molar-refractivity contribution is 6.31. The summed E-state index contributed by atoms with van der Waals surface area (Å²) in [4.78, 5) is 13.7. The van der Waals surface area contributed by atoms with Gasteiger partial charge in [-0.1, -0.05) is 29.8 Å². The average Bonchev–Trinajstić information content (AvgIpc) is 2.83. The Morgan fingerprint density at radius 3 is 2.20 bits per heavy atom. The van der Waals surface area contributed by atoms with Gasteiger partial charge in [-0.05, 0) is 99.5 Å². The number of anilines is 1. The number of hydrogen-bond donors (Lipinski definition) is 2. The Labute approximate surface area is 214 Å². The fourth-order valence-electron chi connectivity index (χ4n) is 5.97. The van der Waals surface area contributed by atoms with Gasteiger partial charge in [-0.15, -0.1) is 0 Å². The van der Waals surface area contributed by atoms with E-state index in [1.54, 1.807) is 12.1 Å². The lowest BCUT2D eigenvalue weighted by molar-refractivity contribution is -0.114. The van der Waals surface area contributed by atoms with Crippen molar-refractivity contribution in [3.63, 3.8) is 0 Å². The molecule has 2 aliphatic carbocycles. The van der Waals surface area contributed by atoms with Crippen molar-refractivity contribution in [2.75, 3.05) is 5.32 Å². The molecule has 4 rings (SSSR count). The predicted octanol–water partition coefficient (Wildman–Crippen LogP) is 6.91. The van der Waals surface area contributed by atoms with E-state index in [9.17, 15) is 9.18 Å². The van der Waals surface area contributed by atoms with Crippen LogP contribution in [0.15, 0.2) is 42.5 Å². The van der Waals surface area contributed by atoms with E-state index in [0.717, 1.165) is 42.5 Å². The van der Waals surface area contributed by atoms with Crippen LogP contribution in [0, 0.1) is 17.7 Å². The first kappa shape index (κ1) is 26.1. The number of nitrogens with one attached hydrogen (secondary N) is 1. The average molecular weight is 500 g/mol. The first-order valence-electron chi connectivity index (χ1n) is 13.2. The molecule has 0 heterocycles. The molecule has 0 atom stereocenters. The molecule has 2 aromatic rings. The van der Waals surface area contributed by atoms with Gasteiger partial charge < -0.3 is 11.1 Å². The largest absolute Gasteiger partial charge is 0.328 e. The molecule has 3 N–H and O–H groups in total. The molecule has 35 heavy (non-hydrogen) atoms. The van der Waals surface area contributed by atoms with E-state index >= 15 is 0 Å². The van der Waals surface area contributed by atoms with Crippen molar-refractivity contribution in [3.05, 3.63) is 64.4 Å². The van der Waals surface area contributed by atoms with E-state index in [1.807, 2.05) is 24.3 Å². The van der Waals surface area contributed by atoms with E-state index in [-0.39, 0.29) is 11.7 Å². The van der Waals surface area contributed by atoms with Gasteiger partial charge in [0.2, 0.25) is 5.91 Å². The van der Waals surface area contributed by atoms with Crippen LogP contribution in [0.1, 0.15) is 75.8 Å². The standard InChI is InChI=1S/C29H39ClFN3O/c1-20(35)33-25-13-7-23(8-14-25)18-34(19-27-28(30)3-2-4-29(27)31)26-15-9-22(10-16-26)17-21-5-11-24(32)12-6-21/h2-4,7-8,13-14,21-22,24,26H,5-6,9-12,15-19,32H2,1H3,(H,33,35). The Kier molecular flexibility index (Phi) is 9.21. The lowest BCUT2D eigenvalue weighted by Gasteiger charge is -2.39. The lowest BCUT2D eigenvalue weighted by Crippen LogP contribution is -2.38. The van der Waals surface area contributed by atoms with E-state index in [0.29, 0.717) is 29.2 Å². The summed E-state index contributed by atoms with van der Waals surface area (Å²) in [5, 5.41) is 3.30. The van der Waals surface area contributed by atoms with Crippen LogP contribution in [0.2, 0.25) is 5.02 Å². The molecule has 2 fully saturated rings. The summed E-state index contributed by atoms with van der Waals surface area (Å²) in [6.07, 6.45) is 11.0. The number of amides is 1. The monoisotopic (exact) mass is 499 g/mol. The lowest BCUT2D eigenvalue weighted by atomic mass is 9.75. The molecule has 2 saturated carbocycles. The summed E-state index contributed by atoms with van der Waals surface area (Å²) in [5.41, 5.74) is 8.60. The zero-order valence-corrected chi connectivity index (χ0v) is 21.6. The van der Waals surface area contributed by atoms with Crippen LogP contribution in [0.3, 0.4) is 0 Å². The molecule has 0 unspecified atom stereocenters. The van der Waals surface area contributed by atoms with Crippen LogP contribution in [0.5, 0.6) is 0 Å². The van der Waals surface area contributed by atoms with Crippen molar-refractivity contribution in [2.45, 2.75) is 89.9 Å². The molecule has 2 aromatic carbocycles. The summed E-state index contributed by atoms with van der Waals surface area (Å²) in [5.74, 6) is 1.31. The van der Waals surface area contributed by atoms with Crippen molar-refractivity contribution >= 4 is 23.2 Å². The third-order valence-corrected chi connectivity index (χ3v) is 8.33. The van der Waals surface area contributed by atoms with Gasteiger partial charge in [-0.25, -0.2) is 4.39 Å². The highest BCUT2D eigenvalue weighted by atomic mass is 35.5.